The van der Waals surface area contributed by atoms with Gasteiger partial charge in [-0.2, -0.15) is 0 Å². The molecule has 4 heteroatoms. The van der Waals surface area contributed by atoms with Crippen molar-refractivity contribution in [2.75, 3.05) is 32.8 Å². The number of morpholine rings is 1. The standard InChI is InChI=1S/C14H24N2O2/c1-11-10-15-14(12(2)17)13(11)4-3-5-16-6-8-18-9-7-16/h10,13-15H,3-9H2,1-2H3. The molecule has 0 spiro atoms. The molecule has 1 fully saturated rings. The summed E-state index contributed by atoms with van der Waals surface area (Å²) in [6.07, 6.45) is 4.25. The minimum Gasteiger partial charge on any atom is -0.381 e. The smallest absolute Gasteiger partial charge is 0.152 e. The number of hydrogen-bond acceptors (Lipinski definition) is 4. The second kappa shape index (κ2) is 6.34. The van der Waals surface area contributed by atoms with Gasteiger partial charge < -0.3 is 10.1 Å². The number of hydrogen-bond donors (Lipinski definition) is 1. The third-order valence-electron chi connectivity index (χ3n) is 4.01. The first-order valence-corrected chi connectivity index (χ1v) is 6.92. The monoisotopic (exact) mass is 252 g/mol. The lowest BCUT2D eigenvalue weighted by molar-refractivity contribution is -0.119. The van der Waals surface area contributed by atoms with Crippen molar-refractivity contribution in [2.24, 2.45) is 5.92 Å². The van der Waals surface area contributed by atoms with E-state index in [1.54, 1.807) is 6.92 Å². The molecule has 102 valence electrons. The molecule has 2 unspecified atom stereocenters. The molecule has 2 heterocycles. The second-order valence-electron chi connectivity index (χ2n) is 5.35. The van der Waals surface area contributed by atoms with Gasteiger partial charge >= 0.3 is 0 Å². The van der Waals surface area contributed by atoms with E-state index in [0.29, 0.717) is 5.92 Å². The highest BCUT2D eigenvalue weighted by molar-refractivity contribution is 5.83. The summed E-state index contributed by atoms with van der Waals surface area (Å²) < 4.78 is 5.34. The number of nitrogens with zero attached hydrogens (tertiary/aromatic N) is 1. The van der Waals surface area contributed by atoms with Gasteiger partial charge in [-0.05, 0) is 39.4 Å². The summed E-state index contributed by atoms with van der Waals surface area (Å²) in [5.74, 6) is 0.642. The van der Waals surface area contributed by atoms with Gasteiger partial charge in [-0.3, -0.25) is 9.69 Å². The number of rotatable bonds is 5. The molecule has 0 saturated carbocycles. The molecule has 2 aliphatic heterocycles. The molecule has 0 aliphatic carbocycles. The van der Waals surface area contributed by atoms with Crippen LogP contribution in [0.3, 0.4) is 0 Å². The van der Waals surface area contributed by atoms with Crippen molar-refractivity contribution in [3.05, 3.63) is 11.8 Å². The Kier molecular flexibility index (Phi) is 4.78. The molecule has 2 aliphatic rings. The summed E-state index contributed by atoms with van der Waals surface area (Å²) in [7, 11) is 0. The summed E-state index contributed by atoms with van der Waals surface area (Å²) in [4.78, 5) is 14.0. The Morgan fingerprint density at radius 3 is 2.89 bits per heavy atom. The van der Waals surface area contributed by atoms with Crippen LogP contribution in [-0.4, -0.2) is 49.6 Å². The molecule has 4 nitrogen and oxygen atoms in total. The molecule has 0 aromatic heterocycles. The highest BCUT2D eigenvalue weighted by Crippen LogP contribution is 2.26. The van der Waals surface area contributed by atoms with Crippen molar-refractivity contribution in [3.8, 4) is 0 Å². The number of carbonyl (C=O) groups excluding carboxylic acids is 1. The van der Waals surface area contributed by atoms with Gasteiger partial charge in [-0.25, -0.2) is 0 Å². The molecule has 2 rings (SSSR count). The zero-order valence-corrected chi connectivity index (χ0v) is 11.4. The first-order valence-electron chi connectivity index (χ1n) is 6.92. The van der Waals surface area contributed by atoms with Crippen molar-refractivity contribution in [3.63, 3.8) is 0 Å². The normalized spacial score (nSPS) is 28.9. The van der Waals surface area contributed by atoms with Crippen LogP contribution in [0.5, 0.6) is 0 Å². The highest BCUT2D eigenvalue weighted by Gasteiger charge is 2.30. The van der Waals surface area contributed by atoms with E-state index < -0.39 is 0 Å². The van der Waals surface area contributed by atoms with Crippen LogP contribution in [0.2, 0.25) is 0 Å². The number of ether oxygens (including phenoxy) is 1. The molecule has 0 bridgehead atoms. The van der Waals surface area contributed by atoms with E-state index in [-0.39, 0.29) is 11.8 Å². The molecule has 0 aromatic rings. The van der Waals surface area contributed by atoms with Crippen molar-refractivity contribution in [1.29, 1.82) is 0 Å². The first kappa shape index (κ1) is 13.6. The van der Waals surface area contributed by atoms with Gasteiger partial charge in [0, 0.05) is 19.0 Å². The number of nitrogens with one attached hydrogen (secondary N) is 1. The maximum absolute atomic E-state index is 11.5. The highest BCUT2D eigenvalue weighted by atomic mass is 16.5. The molecular formula is C14H24N2O2. The Morgan fingerprint density at radius 1 is 1.50 bits per heavy atom. The molecular weight excluding hydrogens is 228 g/mol. The van der Waals surface area contributed by atoms with E-state index >= 15 is 0 Å². The van der Waals surface area contributed by atoms with Crippen molar-refractivity contribution in [1.82, 2.24) is 10.2 Å². The zero-order valence-electron chi connectivity index (χ0n) is 11.4. The van der Waals surface area contributed by atoms with Gasteiger partial charge in [0.25, 0.3) is 0 Å². The first-order chi connectivity index (χ1) is 8.68. The fourth-order valence-electron chi connectivity index (χ4n) is 2.86. The van der Waals surface area contributed by atoms with Gasteiger partial charge in [0.1, 0.15) is 0 Å². The average Bonchev–Trinajstić information content (AvgIpc) is 2.73. The zero-order chi connectivity index (χ0) is 13.0. The predicted molar refractivity (Wildman–Crippen MR) is 71.3 cm³/mol. The lowest BCUT2D eigenvalue weighted by Gasteiger charge is -2.27. The topological polar surface area (TPSA) is 41.6 Å². The third-order valence-corrected chi connectivity index (χ3v) is 4.01. The fourth-order valence-corrected chi connectivity index (χ4v) is 2.86. The van der Waals surface area contributed by atoms with Gasteiger partial charge in [-0.1, -0.05) is 5.57 Å². The van der Waals surface area contributed by atoms with E-state index in [4.69, 9.17) is 4.74 Å². The molecule has 2 atom stereocenters. The van der Waals surface area contributed by atoms with Crippen LogP contribution in [0.25, 0.3) is 0 Å². The number of Topliss-reactive ketones (excluding diaryl/α,β-unsaturated/α-hetero) is 1. The van der Waals surface area contributed by atoms with Crippen LogP contribution in [0, 0.1) is 5.92 Å². The average molecular weight is 252 g/mol. The molecule has 1 N–H and O–H groups in total. The predicted octanol–water partition coefficient (Wildman–Crippen LogP) is 1.18. The van der Waals surface area contributed by atoms with Crippen molar-refractivity contribution in [2.45, 2.75) is 32.7 Å². The van der Waals surface area contributed by atoms with Gasteiger partial charge in [0.05, 0.1) is 19.3 Å². The van der Waals surface area contributed by atoms with Crippen LogP contribution in [-0.2, 0) is 9.53 Å². The summed E-state index contributed by atoms with van der Waals surface area (Å²) in [6.45, 7) is 8.74. The quantitative estimate of drug-likeness (QED) is 0.798. The van der Waals surface area contributed by atoms with Gasteiger partial charge in [0.15, 0.2) is 5.78 Å². The van der Waals surface area contributed by atoms with E-state index in [2.05, 4.69) is 17.1 Å². The summed E-state index contributed by atoms with van der Waals surface area (Å²) >= 11 is 0. The third kappa shape index (κ3) is 3.33. The van der Waals surface area contributed by atoms with Gasteiger partial charge in [0.2, 0.25) is 0 Å². The number of carbonyl (C=O) groups is 1. The maximum Gasteiger partial charge on any atom is 0.152 e. The van der Waals surface area contributed by atoms with E-state index in [1.165, 1.54) is 5.57 Å². The minimum absolute atomic E-state index is 0.00897. The van der Waals surface area contributed by atoms with Crippen molar-refractivity contribution < 1.29 is 9.53 Å². The van der Waals surface area contributed by atoms with E-state index in [9.17, 15) is 4.79 Å². The van der Waals surface area contributed by atoms with E-state index in [0.717, 1.165) is 45.7 Å². The van der Waals surface area contributed by atoms with Gasteiger partial charge in [-0.15, -0.1) is 0 Å². The summed E-state index contributed by atoms with van der Waals surface area (Å²) in [6, 6.07) is 0.00897. The SMILES string of the molecule is CC(=O)C1NC=C(C)C1CCCN1CCOCC1. The van der Waals surface area contributed by atoms with Crippen LogP contribution < -0.4 is 5.32 Å². The maximum atomic E-state index is 11.5. The fraction of sp³-hybridized carbons (Fsp3) is 0.786. The van der Waals surface area contributed by atoms with Crippen LogP contribution in [0.1, 0.15) is 26.7 Å². The van der Waals surface area contributed by atoms with Crippen LogP contribution in [0.15, 0.2) is 11.8 Å². The molecule has 0 amide bonds. The van der Waals surface area contributed by atoms with E-state index in [1.807, 2.05) is 6.20 Å². The molecule has 18 heavy (non-hydrogen) atoms. The summed E-state index contributed by atoms with van der Waals surface area (Å²) in [5.41, 5.74) is 1.32. The number of ketones is 1. The Bertz CT molecular complexity index is 322. The van der Waals surface area contributed by atoms with Crippen LogP contribution in [0.4, 0.5) is 0 Å². The lowest BCUT2D eigenvalue weighted by atomic mass is 9.89. The molecule has 1 saturated heterocycles. The van der Waals surface area contributed by atoms with Crippen LogP contribution >= 0.6 is 0 Å². The Hall–Kier alpha value is -0.870. The molecule has 0 radical (unpaired) electrons. The largest absolute Gasteiger partial charge is 0.381 e. The minimum atomic E-state index is 0.00897. The summed E-state index contributed by atoms with van der Waals surface area (Å²) in [5, 5.41) is 3.20. The Morgan fingerprint density at radius 2 is 2.22 bits per heavy atom. The van der Waals surface area contributed by atoms with Crippen molar-refractivity contribution >= 4 is 5.78 Å². The lowest BCUT2D eigenvalue weighted by Crippen LogP contribution is -2.38. The second-order valence-corrected chi connectivity index (χ2v) is 5.35. The molecule has 0 aromatic carbocycles. The Labute approximate surface area is 109 Å². The Balaban J connectivity index is 1.74.